The molecule has 0 radical (unpaired) electrons. The summed E-state index contributed by atoms with van der Waals surface area (Å²) in [5, 5.41) is 18.7. The predicted molar refractivity (Wildman–Crippen MR) is 71.9 cm³/mol. The lowest BCUT2D eigenvalue weighted by atomic mass is 10.2. The molecule has 1 aliphatic heterocycles. The van der Waals surface area contributed by atoms with E-state index in [0.717, 1.165) is 9.87 Å². The van der Waals surface area contributed by atoms with E-state index in [-0.39, 0.29) is 17.9 Å². The van der Waals surface area contributed by atoms with Gasteiger partial charge in [-0.3, -0.25) is 4.79 Å². The normalized spacial score (nSPS) is 23.9. The second-order valence-electron chi connectivity index (χ2n) is 5.09. The molecule has 0 aliphatic carbocycles. The summed E-state index contributed by atoms with van der Waals surface area (Å²) in [6.07, 6.45) is -1.03. The Bertz CT molecular complexity index is 640. The number of aryl methyl sites for hydroxylation is 2. The Kier molecular flexibility index (Phi) is 3.86. The molecule has 7 heteroatoms. The predicted octanol–water partition coefficient (Wildman–Crippen LogP) is 0.512. The standard InChI is InChI=1S/C13H17NO5S/c1-8-3-4-9(2)12(5-8)20(18,19)14-7-10(15)6-11(14)13(16)17/h3-5,10-11,15H,6-7H2,1-2H3,(H,16,17)/t10?,11-/m0/s1. The molecule has 1 aromatic carbocycles. The number of hydrogen-bond donors (Lipinski definition) is 2. The first-order valence-electron chi connectivity index (χ1n) is 6.23. The molecule has 0 aromatic heterocycles. The van der Waals surface area contributed by atoms with Crippen molar-refractivity contribution in [3.63, 3.8) is 0 Å². The zero-order valence-corrected chi connectivity index (χ0v) is 12.1. The molecule has 1 aromatic rings. The van der Waals surface area contributed by atoms with Crippen LogP contribution in [-0.2, 0) is 14.8 Å². The number of rotatable bonds is 3. The van der Waals surface area contributed by atoms with E-state index in [1.807, 2.05) is 0 Å². The first kappa shape index (κ1) is 15.0. The quantitative estimate of drug-likeness (QED) is 0.848. The van der Waals surface area contributed by atoms with Crippen molar-refractivity contribution in [2.45, 2.75) is 37.3 Å². The molecule has 2 atom stereocenters. The minimum Gasteiger partial charge on any atom is -0.480 e. The van der Waals surface area contributed by atoms with Crippen LogP contribution in [0.1, 0.15) is 17.5 Å². The van der Waals surface area contributed by atoms with Crippen LogP contribution in [-0.4, -0.2) is 47.6 Å². The number of nitrogens with zero attached hydrogens (tertiary/aromatic N) is 1. The van der Waals surface area contributed by atoms with Crippen LogP contribution >= 0.6 is 0 Å². The third-order valence-corrected chi connectivity index (χ3v) is 5.47. The van der Waals surface area contributed by atoms with Crippen LogP contribution in [0.2, 0.25) is 0 Å². The van der Waals surface area contributed by atoms with E-state index in [9.17, 15) is 18.3 Å². The first-order chi connectivity index (χ1) is 9.23. The number of sulfonamides is 1. The first-order valence-corrected chi connectivity index (χ1v) is 7.67. The SMILES string of the molecule is Cc1ccc(C)c(S(=O)(=O)N2CC(O)C[C@H]2C(=O)O)c1. The van der Waals surface area contributed by atoms with Gasteiger partial charge in [0.1, 0.15) is 6.04 Å². The van der Waals surface area contributed by atoms with Crippen molar-refractivity contribution in [1.82, 2.24) is 4.31 Å². The Morgan fingerprint density at radius 2 is 2.00 bits per heavy atom. The van der Waals surface area contributed by atoms with Crippen LogP contribution in [0.3, 0.4) is 0 Å². The number of carbonyl (C=O) groups is 1. The average Bonchev–Trinajstić information content (AvgIpc) is 2.75. The highest BCUT2D eigenvalue weighted by Gasteiger charge is 2.43. The van der Waals surface area contributed by atoms with Gasteiger partial charge in [-0.25, -0.2) is 8.42 Å². The van der Waals surface area contributed by atoms with E-state index in [1.54, 1.807) is 26.0 Å². The van der Waals surface area contributed by atoms with E-state index in [4.69, 9.17) is 5.11 Å². The second kappa shape index (κ2) is 5.16. The number of carboxylic acids is 1. The minimum atomic E-state index is -3.93. The largest absolute Gasteiger partial charge is 0.480 e. The molecular weight excluding hydrogens is 282 g/mol. The molecule has 20 heavy (non-hydrogen) atoms. The minimum absolute atomic E-state index is 0.0839. The molecule has 1 aliphatic rings. The van der Waals surface area contributed by atoms with Gasteiger partial charge in [-0.1, -0.05) is 12.1 Å². The molecule has 0 bridgehead atoms. The summed E-state index contributed by atoms with van der Waals surface area (Å²) >= 11 is 0. The van der Waals surface area contributed by atoms with Gasteiger partial charge in [0.15, 0.2) is 0 Å². The molecule has 0 saturated carbocycles. The molecular formula is C13H17NO5S. The third kappa shape index (κ3) is 2.56. The van der Waals surface area contributed by atoms with Crippen molar-refractivity contribution in [2.75, 3.05) is 6.54 Å². The smallest absolute Gasteiger partial charge is 0.322 e. The number of aliphatic carboxylic acids is 1. The molecule has 6 nitrogen and oxygen atoms in total. The van der Waals surface area contributed by atoms with Crippen LogP contribution in [0.15, 0.2) is 23.1 Å². The fourth-order valence-corrected chi connectivity index (χ4v) is 4.33. The van der Waals surface area contributed by atoms with Crippen molar-refractivity contribution >= 4 is 16.0 Å². The summed E-state index contributed by atoms with van der Waals surface area (Å²) in [6.45, 7) is 3.24. The van der Waals surface area contributed by atoms with E-state index in [0.29, 0.717) is 5.56 Å². The lowest BCUT2D eigenvalue weighted by Gasteiger charge is -2.22. The van der Waals surface area contributed by atoms with E-state index in [2.05, 4.69) is 0 Å². The second-order valence-corrected chi connectivity index (χ2v) is 6.95. The Hall–Kier alpha value is -1.44. The van der Waals surface area contributed by atoms with E-state index >= 15 is 0 Å². The van der Waals surface area contributed by atoms with Gasteiger partial charge < -0.3 is 10.2 Å². The van der Waals surface area contributed by atoms with Crippen molar-refractivity contribution in [3.8, 4) is 0 Å². The van der Waals surface area contributed by atoms with Gasteiger partial charge >= 0.3 is 5.97 Å². The number of hydrogen-bond acceptors (Lipinski definition) is 4. The number of benzene rings is 1. The lowest BCUT2D eigenvalue weighted by molar-refractivity contribution is -0.140. The van der Waals surface area contributed by atoms with Crippen LogP contribution in [0.5, 0.6) is 0 Å². The van der Waals surface area contributed by atoms with E-state index in [1.165, 1.54) is 6.07 Å². The van der Waals surface area contributed by atoms with Crippen LogP contribution < -0.4 is 0 Å². The highest BCUT2D eigenvalue weighted by Crippen LogP contribution is 2.28. The Morgan fingerprint density at radius 3 is 2.60 bits per heavy atom. The molecule has 1 heterocycles. The summed E-state index contributed by atoms with van der Waals surface area (Å²) in [6, 6.07) is 3.79. The van der Waals surface area contributed by atoms with Crippen molar-refractivity contribution in [3.05, 3.63) is 29.3 Å². The number of β-amino-alcohol motifs (C(OH)–C–C–N with tert-alkyl or cyclic N) is 1. The van der Waals surface area contributed by atoms with Gasteiger partial charge in [-0.15, -0.1) is 0 Å². The maximum absolute atomic E-state index is 12.6. The summed E-state index contributed by atoms with van der Waals surface area (Å²) in [7, 11) is -3.93. The van der Waals surface area contributed by atoms with Crippen LogP contribution in [0, 0.1) is 13.8 Å². The molecule has 1 fully saturated rings. The Labute approximate surface area is 117 Å². The van der Waals surface area contributed by atoms with Crippen molar-refractivity contribution < 1.29 is 23.4 Å². The average molecular weight is 299 g/mol. The van der Waals surface area contributed by atoms with Crippen LogP contribution in [0.4, 0.5) is 0 Å². The van der Waals surface area contributed by atoms with Gasteiger partial charge in [-0.05, 0) is 31.0 Å². The fourth-order valence-electron chi connectivity index (χ4n) is 2.39. The monoisotopic (exact) mass is 299 g/mol. The lowest BCUT2D eigenvalue weighted by Crippen LogP contribution is -2.40. The molecule has 1 saturated heterocycles. The van der Waals surface area contributed by atoms with E-state index < -0.39 is 28.1 Å². The van der Waals surface area contributed by atoms with Gasteiger partial charge in [0, 0.05) is 13.0 Å². The van der Waals surface area contributed by atoms with Gasteiger partial charge in [0.2, 0.25) is 10.0 Å². The maximum Gasteiger partial charge on any atom is 0.322 e. The molecule has 0 amide bonds. The van der Waals surface area contributed by atoms with Gasteiger partial charge in [0.25, 0.3) is 0 Å². The third-order valence-electron chi connectivity index (χ3n) is 3.45. The summed E-state index contributed by atoms with van der Waals surface area (Å²) < 4.78 is 26.1. The molecule has 110 valence electrons. The molecule has 2 rings (SSSR count). The highest BCUT2D eigenvalue weighted by atomic mass is 32.2. The van der Waals surface area contributed by atoms with Gasteiger partial charge in [-0.2, -0.15) is 4.31 Å². The zero-order chi connectivity index (χ0) is 15.1. The van der Waals surface area contributed by atoms with Crippen LogP contribution in [0.25, 0.3) is 0 Å². The van der Waals surface area contributed by atoms with Crippen molar-refractivity contribution in [2.24, 2.45) is 0 Å². The molecule has 1 unspecified atom stereocenters. The zero-order valence-electron chi connectivity index (χ0n) is 11.3. The Morgan fingerprint density at radius 1 is 1.35 bits per heavy atom. The summed E-state index contributed by atoms with van der Waals surface area (Å²) in [4.78, 5) is 11.3. The fraction of sp³-hybridized carbons (Fsp3) is 0.462. The highest BCUT2D eigenvalue weighted by molar-refractivity contribution is 7.89. The van der Waals surface area contributed by atoms with Gasteiger partial charge in [0.05, 0.1) is 11.0 Å². The summed E-state index contributed by atoms with van der Waals surface area (Å²) in [5.74, 6) is -1.24. The van der Waals surface area contributed by atoms with Crippen molar-refractivity contribution in [1.29, 1.82) is 0 Å². The number of carboxylic acid groups (broad SMARTS) is 1. The summed E-state index contributed by atoms with van der Waals surface area (Å²) in [5.41, 5.74) is 1.34. The topological polar surface area (TPSA) is 94.9 Å². The molecule has 2 N–H and O–H groups in total. The maximum atomic E-state index is 12.6. The number of aliphatic hydroxyl groups excluding tert-OH is 1. The molecule has 0 spiro atoms. The number of aliphatic hydroxyl groups is 1. The Balaban J connectivity index is 2.49.